The Labute approximate surface area is 98.9 Å². The summed E-state index contributed by atoms with van der Waals surface area (Å²) in [4.78, 5) is -0.0310. The molecule has 16 heavy (non-hydrogen) atoms. The van der Waals surface area contributed by atoms with Gasteiger partial charge in [-0.15, -0.1) is 0 Å². The SMILES string of the molecule is CCC(c1ccc(S(=O)(=O)O)cc1)[SiH](C)C. The molecule has 1 N–H and O–H groups in total. The van der Waals surface area contributed by atoms with Gasteiger partial charge in [0.15, 0.2) is 0 Å². The molecule has 1 unspecified atom stereocenters. The lowest BCUT2D eigenvalue weighted by Crippen LogP contribution is -2.15. The smallest absolute Gasteiger partial charge is 0.282 e. The summed E-state index contributed by atoms with van der Waals surface area (Å²) in [5, 5.41) is 0. The maximum absolute atomic E-state index is 10.9. The maximum Gasteiger partial charge on any atom is 0.294 e. The van der Waals surface area contributed by atoms with E-state index in [1.807, 2.05) is 12.1 Å². The highest BCUT2D eigenvalue weighted by Gasteiger charge is 2.16. The van der Waals surface area contributed by atoms with Gasteiger partial charge in [0.2, 0.25) is 0 Å². The number of hydrogen-bond acceptors (Lipinski definition) is 2. The van der Waals surface area contributed by atoms with Gasteiger partial charge < -0.3 is 0 Å². The summed E-state index contributed by atoms with van der Waals surface area (Å²) in [5.74, 6) is 0. The molecule has 0 aromatic heterocycles. The fourth-order valence-electron chi connectivity index (χ4n) is 1.98. The Kier molecular flexibility index (Phi) is 4.29. The predicted molar refractivity (Wildman–Crippen MR) is 68.2 cm³/mol. The van der Waals surface area contributed by atoms with Gasteiger partial charge in [0, 0.05) is 8.80 Å². The van der Waals surface area contributed by atoms with Crippen LogP contribution in [0.25, 0.3) is 0 Å². The lowest BCUT2D eigenvalue weighted by atomic mass is 10.1. The lowest BCUT2D eigenvalue weighted by Gasteiger charge is -2.18. The zero-order valence-corrected chi connectivity index (χ0v) is 11.8. The van der Waals surface area contributed by atoms with Crippen molar-refractivity contribution in [3.8, 4) is 0 Å². The van der Waals surface area contributed by atoms with E-state index in [0.717, 1.165) is 6.42 Å². The average molecular weight is 258 g/mol. The van der Waals surface area contributed by atoms with Gasteiger partial charge in [-0.1, -0.05) is 38.6 Å². The van der Waals surface area contributed by atoms with Crippen LogP contribution in [0.2, 0.25) is 13.1 Å². The van der Waals surface area contributed by atoms with Gasteiger partial charge in [-0.3, -0.25) is 4.55 Å². The average Bonchev–Trinajstić information content (AvgIpc) is 2.17. The highest BCUT2D eigenvalue weighted by atomic mass is 32.2. The summed E-state index contributed by atoms with van der Waals surface area (Å²) in [5.41, 5.74) is 1.74. The molecule has 0 spiro atoms. The van der Waals surface area contributed by atoms with E-state index >= 15 is 0 Å². The second-order valence-corrected chi connectivity index (χ2v) is 9.02. The minimum absolute atomic E-state index is 0.0310. The van der Waals surface area contributed by atoms with Crippen molar-refractivity contribution in [1.82, 2.24) is 0 Å². The van der Waals surface area contributed by atoms with Crippen molar-refractivity contribution in [2.45, 2.75) is 36.9 Å². The van der Waals surface area contributed by atoms with Crippen LogP contribution >= 0.6 is 0 Å². The molecule has 0 amide bonds. The summed E-state index contributed by atoms with van der Waals surface area (Å²) in [6.07, 6.45) is 1.08. The van der Waals surface area contributed by atoms with Crippen molar-refractivity contribution in [3.05, 3.63) is 29.8 Å². The van der Waals surface area contributed by atoms with Crippen LogP contribution in [0, 0.1) is 0 Å². The minimum Gasteiger partial charge on any atom is -0.282 e. The van der Waals surface area contributed by atoms with E-state index in [4.69, 9.17) is 4.55 Å². The van der Waals surface area contributed by atoms with Gasteiger partial charge >= 0.3 is 0 Å². The third-order valence-corrected chi connectivity index (χ3v) is 6.18. The zero-order chi connectivity index (χ0) is 12.3. The predicted octanol–water partition coefficient (Wildman–Crippen LogP) is 2.45. The molecule has 0 aliphatic carbocycles. The number of hydrogen-bond donors (Lipinski definition) is 1. The Bertz CT molecular complexity index is 437. The van der Waals surface area contributed by atoms with Gasteiger partial charge in [0.25, 0.3) is 10.1 Å². The molecule has 1 aromatic carbocycles. The van der Waals surface area contributed by atoms with E-state index in [9.17, 15) is 8.42 Å². The van der Waals surface area contributed by atoms with E-state index in [-0.39, 0.29) is 4.90 Å². The molecule has 90 valence electrons. The van der Waals surface area contributed by atoms with Gasteiger partial charge in [0.05, 0.1) is 4.90 Å². The number of rotatable bonds is 4. The van der Waals surface area contributed by atoms with Gasteiger partial charge in [-0.25, -0.2) is 0 Å². The van der Waals surface area contributed by atoms with Crippen molar-refractivity contribution in [2.24, 2.45) is 0 Å². The quantitative estimate of drug-likeness (QED) is 0.666. The Balaban J connectivity index is 3.03. The van der Waals surface area contributed by atoms with Crippen LogP contribution in [0.4, 0.5) is 0 Å². The van der Waals surface area contributed by atoms with Crippen LogP contribution < -0.4 is 0 Å². The summed E-state index contributed by atoms with van der Waals surface area (Å²) in [6, 6.07) is 6.57. The molecule has 0 bridgehead atoms. The molecular weight excluding hydrogens is 240 g/mol. The molecule has 5 heteroatoms. The van der Waals surface area contributed by atoms with Crippen molar-refractivity contribution in [2.75, 3.05) is 0 Å². The zero-order valence-electron chi connectivity index (χ0n) is 9.84. The largest absolute Gasteiger partial charge is 0.294 e. The standard InChI is InChI=1S/C11H18O3SSi/c1-4-11(16(2)3)9-5-7-10(8-6-9)15(12,13)14/h5-8,11,16H,4H2,1-3H3,(H,12,13,14). The summed E-state index contributed by atoms with van der Waals surface area (Å²) < 4.78 is 30.6. The van der Waals surface area contributed by atoms with E-state index in [2.05, 4.69) is 20.0 Å². The van der Waals surface area contributed by atoms with Gasteiger partial charge in [-0.2, -0.15) is 8.42 Å². The Hall–Kier alpha value is -0.653. The molecule has 0 saturated heterocycles. The van der Waals surface area contributed by atoms with Crippen molar-refractivity contribution < 1.29 is 13.0 Å². The van der Waals surface area contributed by atoms with Crippen LogP contribution in [-0.4, -0.2) is 21.8 Å². The van der Waals surface area contributed by atoms with E-state index in [1.54, 1.807) is 0 Å². The van der Waals surface area contributed by atoms with Crippen molar-refractivity contribution >= 4 is 18.9 Å². The van der Waals surface area contributed by atoms with Crippen LogP contribution in [0.3, 0.4) is 0 Å². The molecule has 1 aromatic rings. The number of benzene rings is 1. The Morgan fingerprint density at radius 1 is 1.25 bits per heavy atom. The highest BCUT2D eigenvalue weighted by molar-refractivity contribution is 7.85. The second-order valence-electron chi connectivity index (χ2n) is 4.30. The molecule has 0 saturated carbocycles. The third-order valence-electron chi connectivity index (χ3n) is 2.85. The molecule has 0 radical (unpaired) electrons. The molecule has 0 fully saturated rings. The highest BCUT2D eigenvalue weighted by Crippen LogP contribution is 2.23. The van der Waals surface area contributed by atoms with E-state index in [0.29, 0.717) is 5.54 Å². The monoisotopic (exact) mass is 258 g/mol. The van der Waals surface area contributed by atoms with Gasteiger partial charge in [-0.05, 0) is 23.2 Å². The van der Waals surface area contributed by atoms with Crippen molar-refractivity contribution in [1.29, 1.82) is 0 Å². The van der Waals surface area contributed by atoms with Crippen LogP contribution in [0.5, 0.6) is 0 Å². The van der Waals surface area contributed by atoms with Crippen LogP contribution in [0.15, 0.2) is 29.2 Å². The summed E-state index contributed by atoms with van der Waals surface area (Å²) in [7, 11) is -4.84. The van der Waals surface area contributed by atoms with Crippen LogP contribution in [-0.2, 0) is 10.1 Å². The normalized spacial score (nSPS) is 14.1. The third kappa shape index (κ3) is 3.17. The van der Waals surface area contributed by atoms with Crippen LogP contribution in [0.1, 0.15) is 24.4 Å². The molecule has 0 aliphatic heterocycles. The van der Waals surface area contributed by atoms with Crippen molar-refractivity contribution in [3.63, 3.8) is 0 Å². The maximum atomic E-state index is 10.9. The molecule has 0 heterocycles. The fourth-order valence-corrected chi connectivity index (χ4v) is 4.39. The minimum atomic E-state index is -4.06. The lowest BCUT2D eigenvalue weighted by molar-refractivity contribution is 0.483. The van der Waals surface area contributed by atoms with E-state index in [1.165, 1.54) is 17.7 Å². The Morgan fingerprint density at radius 3 is 2.06 bits per heavy atom. The fraction of sp³-hybridized carbons (Fsp3) is 0.455. The summed E-state index contributed by atoms with van der Waals surface area (Å²) in [6.45, 7) is 6.71. The van der Waals surface area contributed by atoms with E-state index < -0.39 is 18.9 Å². The second kappa shape index (κ2) is 5.12. The first-order chi connectivity index (χ1) is 7.36. The summed E-state index contributed by atoms with van der Waals surface area (Å²) >= 11 is 0. The Morgan fingerprint density at radius 2 is 1.75 bits per heavy atom. The molecule has 3 nitrogen and oxygen atoms in total. The first kappa shape index (κ1) is 13.4. The molecule has 1 atom stereocenters. The van der Waals surface area contributed by atoms with Gasteiger partial charge in [0.1, 0.15) is 0 Å². The first-order valence-corrected chi connectivity index (χ1v) is 9.85. The topological polar surface area (TPSA) is 54.4 Å². The first-order valence-electron chi connectivity index (χ1n) is 5.43. The molecule has 1 rings (SSSR count). The molecule has 0 aliphatic rings. The molecular formula is C11H18O3SSi.